The van der Waals surface area contributed by atoms with Crippen LogP contribution in [0, 0.1) is 0 Å². The van der Waals surface area contributed by atoms with Crippen LogP contribution in [0.1, 0.15) is 51.8 Å². The van der Waals surface area contributed by atoms with E-state index in [4.69, 9.17) is 4.98 Å². The quantitative estimate of drug-likeness (QED) is 0.884. The molecule has 19 heavy (non-hydrogen) atoms. The van der Waals surface area contributed by atoms with Crippen LogP contribution in [0.5, 0.6) is 0 Å². The van der Waals surface area contributed by atoms with Gasteiger partial charge in [0.25, 0.3) is 0 Å². The first-order chi connectivity index (χ1) is 9.28. The summed E-state index contributed by atoms with van der Waals surface area (Å²) < 4.78 is 0. The van der Waals surface area contributed by atoms with Crippen molar-refractivity contribution >= 4 is 11.6 Å². The van der Waals surface area contributed by atoms with Gasteiger partial charge in [-0.15, -0.1) is 0 Å². The lowest BCUT2D eigenvalue weighted by atomic mass is 10.00. The number of hydrogen-bond acceptors (Lipinski definition) is 4. The lowest BCUT2D eigenvalue weighted by Crippen LogP contribution is -2.39. The summed E-state index contributed by atoms with van der Waals surface area (Å²) in [4.78, 5) is 11.8. The number of hydrogen-bond donors (Lipinski definition) is 1. The smallest absolute Gasteiger partial charge is 0.134 e. The minimum absolute atomic E-state index is 0.642. The molecule has 1 fully saturated rings. The third-order valence-corrected chi connectivity index (χ3v) is 3.88. The second kappa shape index (κ2) is 6.73. The van der Waals surface area contributed by atoms with Crippen molar-refractivity contribution in [3.8, 4) is 0 Å². The van der Waals surface area contributed by atoms with Crippen LogP contribution in [0.4, 0.5) is 11.6 Å². The molecule has 0 aliphatic carbocycles. The minimum Gasteiger partial charge on any atom is -0.373 e. The van der Waals surface area contributed by atoms with Crippen molar-refractivity contribution in [2.24, 2.45) is 0 Å². The molecule has 1 unspecified atom stereocenters. The number of piperidine rings is 1. The summed E-state index contributed by atoms with van der Waals surface area (Å²) in [5.41, 5.74) is 0. The molecule has 1 aliphatic heterocycles. The highest BCUT2D eigenvalue weighted by Crippen LogP contribution is 2.26. The minimum atomic E-state index is 0.642. The second-order valence-corrected chi connectivity index (χ2v) is 5.28. The second-order valence-electron chi connectivity index (χ2n) is 5.28. The highest BCUT2D eigenvalue weighted by molar-refractivity contribution is 5.50. The fraction of sp³-hybridized carbons (Fsp3) is 0.733. The predicted molar refractivity (Wildman–Crippen MR) is 80.8 cm³/mol. The van der Waals surface area contributed by atoms with Crippen LogP contribution < -0.4 is 10.2 Å². The van der Waals surface area contributed by atoms with Gasteiger partial charge in [0, 0.05) is 32.1 Å². The Hall–Kier alpha value is -1.32. The molecule has 4 heteroatoms. The molecule has 1 aromatic heterocycles. The number of rotatable bonds is 5. The molecule has 1 aliphatic rings. The van der Waals surface area contributed by atoms with E-state index in [0.29, 0.717) is 6.04 Å². The molecule has 1 N–H and O–H groups in total. The molecule has 1 atom stereocenters. The molecular weight excluding hydrogens is 236 g/mol. The number of anilines is 2. The van der Waals surface area contributed by atoms with Crippen LogP contribution in [0.3, 0.4) is 0 Å². The first-order valence-electron chi connectivity index (χ1n) is 7.60. The molecule has 4 nitrogen and oxygen atoms in total. The van der Waals surface area contributed by atoms with Crippen molar-refractivity contribution in [2.75, 3.05) is 23.8 Å². The maximum atomic E-state index is 4.77. The van der Waals surface area contributed by atoms with E-state index in [2.05, 4.69) is 35.1 Å². The molecule has 0 radical (unpaired) electrons. The van der Waals surface area contributed by atoms with Gasteiger partial charge in [0.2, 0.25) is 0 Å². The summed E-state index contributed by atoms with van der Waals surface area (Å²) >= 11 is 0. The number of aryl methyl sites for hydroxylation is 1. The Morgan fingerprint density at radius 3 is 2.84 bits per heavy atom. The van der Waals surface area contributed by atoms with E-state index < -0.39 is 0 Å². The van der Waals surface area contributed by atoms with E-state index in [1.807, 2.05) is 7.05 Å². The zero-order valence-electron chi connectivity index (χ0n) is 12.4. The Bertz CT molecular complexity index is 405. The molecule has 0 saturated carbocycles. The average molecular weight is 262 g/mol. The lowest BCUT2D eigenvalue weighted by Gasteiger charge is -2.36. The van der Waals surface area contributed by atoms with Gasteiger partial charge in [-0.1, -0.05) is 13.8 Å². The fourth-order valence-corrected chi connectivity index (χ4v) is 2.82. The van der Waals surface area contributed by atoms with Crippen LogP contribution in [0.15, 0.2) is 6.07 Å². The van der Waals surface area contributed by atoms with E-state index >= 15 is 0 Å². The van der Waals surface area contributed by atoms with Gasteiger partial charge in [-0.05, 0) is 32.1 Å². The average Bonchev–Trinajstić information content (AvgIpc) is 2.47. The summed E-state index contributed by atoms with van der Waals surface area (Å²) in [5.74, 6) is 3.01. The van der Waals surface area contributed by atoms with Gasteiger partial charge in [-0.3, -0.25) is 0 Å². The van der Waals surface area contributed by atoms with Gasteiger partial charge in [-0.2, -0.15) is 0 Å². The first-order valence-corrected chi connectivity index (χ1v) is 7.60. The maximum absolute atomic E-state index is 4.77. The van der Waals surface area contributed by atoms with Crippen molar-refractivity contribution < 1.29 is 0 Å². The molecule has 1 saturated heterocycles. The molecule has 0 spiro atoms. The highest BCUT2D eigenvalue weighted by Gasteiger charge is 2.22. The van der Waals surface area contributed by atoms with Crippen LogP contribution in [0.25, 0.3) is 0 Å². The van der Waals surface area contributed by atoms with Crippen molar-refractivity contribution in [2.45, 2.75) is 58.4 Å². The van der Waals surface area contributed by atoms with Crippen molar-refractivity contribution in [3.63, 3.8) is 0 Å². The van der Waals surface area contributed by atoms with Gasteiger partial charge in [0.1, 0.15) is 17.5 Å². The zero-order valence-corrected chi connectivity index (χ0v) is 12.4. The summed E-state index contributed by atoms with van der Waals surface area (Å²) in [7, 11) is 1.93. The van der Waals surface area contributed by atoms with Gasteiger partial charge in [0.05, 0.1) is 0 Å². The Morgan fingerprint density at radius 1 is 1.32 bits per heavy atom. The summed E-state index contributed by atoms with van der Waals surface area (Å²) in [5, 5.41) is 3.16. The Morgan fingerprint density at radius 2 is 2.16 bits per heavy atom. The lowest BCUT2D eigenvalue weighted by molar-refractivity contribution is 0.446. The first kappa shape index (κ1) is 14.1. The Labute approximate surface area is 116 Å². The van der Waals surface area contributed by atoms with E-state index in [1.165, 1.54) is 25.7 Å². The molecule has 106 valence electrons. The fourth-order valence-electron chi connectivity index (χ4n) is 2.82. The van der Waals surface area contributed by atoms with Crippen molar-refractivity contribution in [1.29, 1.82) is 0 Å². The standard InChI is InChI=1S/C15H26N4/c1-4-8-13-17-14(16-3)11-15(18-13)19-10-7-6-9-12(19)5-2/h11-12H,4-10H2,1-3H3,(H,16,17,18). The molecule has 0 aromatic carbocycles. The Balaban J connectivity index is 2.28. The number of aromatic nitrogens is 2. The monoisotopic (exact) mass is 262 g/mol. The summed E-state index contributed by atoms with van der Waals surface area (Å²) in [6.07, 6.45) is 7.15. The largest absolute Gasteiger partial charge is 0.373 e. The molecule has 0 bridgehead atoms. The third-order valence-electron chi connectivity index (χ3n) is 3.88. The molecule has 0 amide bonds. The molecule has 1 aromatic rings. The number of nitrogens with one attached hydrogen (secondary N) is 1. The number of nitrogens with zero attached hydrogens (tertiary/aromatic N) is 3. The van der Waals surface area contributed by atoms with Crippen LogP contribution in [0.2, 0.25) is 0 Å². The van der Waals surface area contributed by atoms with Gasteiger partial charge < -0.3 is 10.2 Å². The third kappa shape index (κ3) is 3.37. The molecular formula is C15H26N4. The SMILES string of the molecule is CCCc1nc(NC)cc(N2CCCCC2CC)n1. The van der Waals surface area contributed by atoms with Crippen LogP contribution in [-0.2, 0) is 6.42 Å². The maximum Gasteiger partial charge on any atom is 0.134 e. The van der Waals surface area contributed by atoms with Crippen LogP contribution in [-0.4, -0.2) is 29.6 Å². The summed E-state index contributed by atoms with van der Waals surface area (Å²) in [6.45, 7) is 5.57. The molecule has 2 heterocycles. The van der Waals surface area contributed by atoms with E-state index in [-0.39, 0.29) is 0 Å². The van der Waals surface area contributed by atoms with Crippen LogP contribution >= 0.6 is 0 Å². The predicted octanol–water partition coefficient (Wildman–Crippen LogP) is 3.24. The van der Waals surface area contributed by atoms with Crippen molar-refractivity contribution in [1.82, 2.24) is 9.97 Å². The molecule has 2 rings (SSSR count). The van der Waals surface area contributed by atoms with E-state index in [0.717, 1.165) is 36.8 Å². The van der Waals surface area contributed by atoms with Crippen molar-refractivity contribution in [3.05, 3.63) is 11.9 Å². The van der Waals surface area contributed by atoms with E-state index in [1.54, 1.807) is 0 Å². The van der Waals surface area contributed by atoms with Gasteiger partial charge >= 0.3 is 0 Å². The zero-order chi connectivity index (χ0) is 13.7. The highest BCUT2D eigenvalue weighted by atomic mass is 15.2. The van der Waals surface area contributed by atoms with E-state index in [9.17, 15) is 0 Å². The topological polar surface area (TPSA) is 41.1 Å². The van der Waals surface area contributed by atoms with Gasteiger partial charge in [-0.25, -0.2) is 9.97 Å². The normalized spacial score (nSPS) is 19.5. The Kier molecular flexibility index (Phi) is 5.00. The summed E-state index contributed by atoms with van der Waals surface area (Å²) in [6, 6.07) is 2.73. The van der Waals surface area contributed by atoms with Gasteiger partial charge in [0.15, 0.2) is 0 Å².